The fourth-order valence-electron chi connectivity index (χ4n) is 4.68. The first-order valence-electron chi connectivity index (χ1n) is 10.4. The van der Waals surface area contributed by atoms with E-state index >= 15 is 0 Å². The summed E-state index contributed by atoms with van der Waals surface area (Å²) < 4.78 is 16.2. The van der Waals surface area contributed by atoms with Gasteiger partial charge in [-0.05, 0) is 63.5 Å². The van der Waals surface area contributed by atoms with Crippen molar-refractivity contribution in [2.45, 2.75) is 64.3 Å². The smallest absolute Gasteiger partial charge is 0.303 e. The molecule has 0 radical (unpaired) electrons. The van der Waals surface area contributed by atoms with Crippen molar-refractivity contribution < 1.29 is 19.1 Å². The van der Waals surface area contributed by atoms with Gasteiger partial charge in [0.25, 0.3) is 5.91 Å². The number of carbonyl (C=O) groups is 2. The van der Waals surface area contributed by atoms with Gasteiger partial charge < -0.3 is 10.0 Å². The van der Waals surface area contributed by atoms with Gasteiger partial charge in [0.15, 0.2) is 5.69 Å². The van der Waals surface area contributed by atoms with Crippen LogP contribution in [0.25, 0.3) is 5.69 Å². The molecule has 0 spiro atoms. The van der Waals surface area contributed by atoms with Crippen LogP contribution in [0.3, 0.4) is 0 Å². The minimum atomic E-state index is -0.844. The van der Waals surface area contributed by atoms with Gasteiger partial charge in [-0.3, -0.25) is 9.59 Å². The Morgan fingerprint density at radius 3 is 2.83 bits per heavy atom. The summed E-state index contributed by atoms with van der Waals surface area (Å²) in [5, 5.41) is 13.6. The van der Waals surface area contributed by atoms with Crippen LogP contribution >= 0.6 is 0 Å². The van der Waals surface area contributed by atoms with E-state index in [2.05, 4.69) is 5.10 Å². The van der Waals surface area contributed by atoms with Gasteiger partial charge in [-0.25, -0.2) is 9.07 Å². The largest absolute Gasteiger partial charge is 0.481 e. The summed E-state index contributed by atoms with van der Waals surface area (Å²) in [5.41, 5.74) is 3.42. The Hall–Kier alpha value is -2.70. The van der Waals surface area contributed by atoms with Gasteiger partial charge in [0, 0.05) is 30.3 Å². The number of aromatic nitrogens is 2. The molecule has 1 amide bonds. The third kappa shape index (κ3) is 3.66. The summed E-state index contributed by atoms with van der Waals surface area (Å²) >= 11 is 0. The quantitative estimate of drug-likeness (QED) is 0.832. The minimum Gasteiger partial charge on any atom is -0.481 e. The molecule has 1 unspecified atom stereocenters. The SMILES string of the molecule is Cc1cccc(F)c1-n1nc(C(=O)N2CCCCC2CCC(=O)O)c2c1CCC2. The van der Waals surface area contributed by atoms with Gasteiger partial charge in [-0.2, -0.15) is 5.10 Å². The number of piperidine rings is 1. The van der Waals surface area contributed by atoms with Gasteiger partial charge in [0.05, 0.1) is 0 Å². The molecule has 4 rings (SSSR count). The Kier molecular flexibility index (Phi) is 5.39. The number of aryl methyl sites for hydroxylation is 1. The second-order valence-corrected chi connectivity index (χ2v) is 8.03. The van der Waals surface area contributed by atoms with E-state index in [0.29, 0.717) is 24.3 Å². The normalized spacial score (nSPS) is 18.7. The molecule has 1 fully saturated rings. The van der Waals surface area contributed by atoms with Crippen LogP contribution in [0.15, 0.2) is 18.2 Å². The summed E-state index contributed by atoms with van der Waals surface area (Å²) in [6.07, 6.45) is 5.67. The first-order valence-corrected chi connectivity index (χ1v) is 10.4. The van der Waals surface area contributed by atoms with Crippen molar-refractivity contribution in [3.63, 3.8) is 0 Å². The Morgan fingerprint density at radius 2 is 2.07 bits per heavy atom. The lowest BCUT2D eigenvalue weighted by molar-refractivity contribution is -0.137. The number of benzene rings is 1. The summed E-state index contributed by atoms with van der Waals surface area (Å²) in [5.74, 6) is -1.34. The summed E-state index contributed by atoms with van der Waals surface area (Å²) in [4.78, 5) is 26.2. The summed E-state index contributed by atoms with van der Waals surface area (Å²) in [6.45, 7) is 2.46. The Morgan fingerprint density at radius 1 is 1.24 bits per heavy atom. The predicted octanol–water partition coefficient (Wildman–Crippen LogP) is 3.67. The molecule has 1 aliphatic heterocycles. The topological polar surface area (TPSA) is 75.4 Å². The minimum absolute atomic E-state index is 0.0510. The van der Waals surface area contributed by atoms with Crippen molar-refractivity contribution in [1.82, 2.24) is 14.7 Å². The number of carbonyl (C=O) groups excluding carboxylic acids is 1. The van der Waals surface area contributed by atoms with E-state index in [0.717, 1.165) is 55.3 Å². The second kappa shape index (κ2) is 7.97. The van der Waals surface area contributed by atoms with Gasteiger partial charge in [-0.1, -0.05) is 12.1 Å². The first kappa shape index (κ1) is 19.6. The van der Waals surface area contributed by atoms with Gasteiger partial charge >= 0.3 is 5.97 Å². The second-order valence-electron chi connectivity index (χ2n) is 8.03. The molecule has 1 aliphatic carbocycles. The predicted molar refractivity (Wildman–Crippen MR) is 106 cm³/mol. The molecule has 2 heterocycles. The molecule has 29 heavy (non-hydrogen) atoms. The van der Waals surface area contributed by atoms with Crippen molar-refractivity contribution in [3.8, 4) is 5.69 Å². The van der Waals surface area contributed by atoms with Crippen molar-refractivity contribution in [2.75, 3.05) is 6.54 Å². The maximum absolute atomic E-state index is 14.6. The number of aliphatic carboxylic acids is 1. The number of amides is 1. The highest BCUT2D eigenvalue weighted by Gasteiger charge is 2.34. The molecule has 6 nitrogen and oxygen atoms in total. The van der Waals surface area contributed by atoms with E-state index in [9.17, 15) is 14.0 Å². The number of likely N-dealkylation sites (tertiary alicyclic amines) is 1. The maximum atomic E-state index is 14.6. The number of para-hydroxylation sites is 1. The van der Waals surface area contributed by atoms with Crippen LogP contribution in [0.1, 0.15) is 65.8 Å². The van der Waals surface area contributed by atoms with Crippen molar-refractivity contribution in [2.24, 2.45) is 0 Å². The lowest BCUT2D eigenvalue weighted by Crippen LogP contribution is -2.44. The van der Waals surface area contributed by atoms with Crippen LogP contribution < -0.4 is 0 Å². The lowest BCUT2D eigenvalue weighted by atomic mass is 9.97. The number of carboxylic acid groups (broad SMARTS) is 1. The summed E-state index contributed by atoms with van der Waals surface area (Å²) in [7, 11) is 0. The van der Waals surface area contributed by atoms with E-state index in [1.807, 2.05) is 13.0 Å². The Bertz CT molecular complexity index is 933. The average molecular weight is 399 g/mol. The highest BCUT2D eigenvalue weighted by molar-refractivity contribution is 5.94. The van der Waals surface area contributed by atoms with Crippen LogP contribution in [-0.2, 0) is 17.6 Å². The molecule has 1 N–H and O–H groups in total. The highest BCUT2D eigenvalue weighted by Crippen LogP contribution is 2.32. The Balaban J connectivity index is 1.70. The molecule has 1 aromatic carbocycles. The van der Waals surface area contributed by atoms with Crippen LogP contribution in [-0.4, -0.2) is 44.3 Å². The molecular formula is C22H26FN3O3. The maximum Gasteiger partial charge on any atom is 0.303 e. The molecule has 0 saturated carbocycles. The number of nitrogens with zero attached hydrogens (tertiary/aromatic N) is 3. The van der Waals surface area contributed by atoms with Gasteiger partial charge in [0.1, 0.15) is 11.5 Å². The number of fused-ring (bicyclic) bond motifs is 1. The molecule has 2 aromatic rings. The molecule has 154 valence electrons. The lowest BCUT2D eigenvalue weighted by Gasteiger charge is -2.35. The molecule has 7 heteroatoms. The third-order valence-corrected chi connectivity index (χ3v) is 6.11. The number of rotatable bonds is 5. The van der Waals surface area contributed by atoms with Crippen LogP contribution in [0.5, 0.6) is 0 Å². The van der Waals surface area contributed by atoms with Crippen molar-refractivity contribution in [3.05, 3.63) is 46.5 Å². The van der Waals surface area contributed by atoms with E-state index in [1.54, 1.807) is 15.6 Å². The molecule has 1 atom stereocenters. The van der Waals surface area contributed by atoms with Crippen molar-refractivity contribution in [1.29, 1.82) is 0 Å². The fraction of sp³-hybridized carbons (Fsp3) is 0.500. The molecular weight excluding hydrogens is 373 g/mol. The monoisotopic (exact) mass is 399 g/mol. The molecule has 1 aromatic heterocycles. The number of halogens is 1. The van der Waals surface area contributed by atoms with Crippen LogP contribution in [0.4, 0.5) is 4.39 Å². The standard InChI is InChI=1S/C22H26FN3O3/c1-14-6-4-9-17(23)21(14)26-18-10-5-8-16(18)20(24-26)22(29)25-13-3-2-7-15(25)11-12-19(27)28/h4,6,9,15H,2-3,5,7-8,10-13H2,1H3,(H,27,28). The fourth-order valence-corrected chi connectivity index (χ4v) is 4.68. The first-order chi connectivity index (χ1) is 14.0. The summed E-state index contributed by atoms with van der Waals surface area (Å²) in [6, 6.07) is 4.85. The number of carboxylic acids is 1. The highest BCUT2D eigenvalue weighted by atomic mass is 19.1. The zero-order valence-corrected chi connectivity index (χ0v) is 16.7. The van der Waals surface area contributed by atoms with Crippen LogP contribution in [0.2, 0.25) is 0 Å². The van der Waals surface area contributed by atoms with Crippen LogP contribution in [0, 0.1) is 12.7 Å². The van der Waals surface area contributed by atoms with E-state index in [1.165, 1.54) is 6.07 Å². The molecule has 2 aliphatic rings. The number of hydrogen-bond donors (Lipinski definition) is 1. The van der Waals surface area contributed by atoms with E-state index in [-0.39, 0.29) is 24.2 Å². The van der Waals surface area contributed by atoms with Crippen molar-refractivity contribution >= 4 is 11.9 Å². The Labute approximate surface area is 169 Å². The average Bonchev–Trinajstić information content (AvgIpc) is 3.29. The third-order valence-electron chi connectivity index (χ3n) is 6.11. The molecule has 0 bridgehead atoms. The number of hydrogen-bond acceptors (Lipinski definition) is 3. The molecule has 1 saturated heterocycles. The van der Waals surface area contributed by atoms with Gasteiger partial charge in [0.2, 0.25) is 0 Å². The zero-order valence-electron chi connectivity index (χ0n) is 16.7. The van der Waals surface area contributed by atoms with Gasteiger partial charge in [-0.15, -0.1) is 0 Å². The van der Waals surface area contributed by atoms with E-state index in [4.69, 9.17) is 5.11 Å². The zero-order chi connectivity index (χ0) is 20.5. The van der Waals surface area contributed by atoms with E-state index < -0.39 is 5.97 Å².